The SMILES string of the molecule is O=C(NCN1CCCCC1)C(CN1CCOCC1)Sc1ccccn1. The molecule has 0 aliphatic carbocycles. The second-order valence-electron chi connectivity index (χ2n) is 6.57. The van der Waals surface area contributed by atoms with Crippen molar-refractivity contribution in [3.05, 3.63) is 24.4 Å². The van der Waals surface area contributed by atoms with Crippen molar-refractivity contribution in [3.8, 4) is 0 Å². The number of hydrogen-bond acceptors (Lipinski definition) is 6. The van der Waals surface area contributed by atoms with Crippen molar-refractivity contribution < 1.29 is 9.53 Å². The summed E-state index contributed by atoms with van der Waals surface area (Å²) in [6, 6.07) is 5.83. The van der Waals surface area contributed by atoms with E-state index in [4.69, 9.17) is 4.74 Å². The van der Waals surface area contributed by atoms with Crippen LogP contribution < -0.4 is 5.32 Å². The molecule has 0 radical (unpaired) electrons. The monoisotopic (exact) mass is 364 g/mol. The Bertz CT molecular complexity index is 519. The fraction of sp³-hybridized carbons (Fsp3) is 0.667. The number of likely N-dealkylation sites (tertiary alicyclic amines) is 1. The lowest BCUT2D eigenvalue weighted by atomic mass is 10.1. The Kier molecular flexibility index (Phi) is 7.54. The minimum absolute atomic E-state index is 0.104. The topological polar surface area (TPSA) is 57.7 Å². The number of aromatic nitrogens is 1. The third-order valence-electron chi connectivity index (χ3n) is 4.65. The number of piperidine rings is 1. The molecule has 0 bridgehead atoms. The summed E-state index contributed by atoms with van der Waals surface area (Å²) < 4.78 is 5.42. The van der Waals surface area contributed by atoms with Crippen LogP contribution in [0.15, 0.2) is 29.4 Å². The second-order valence-corrected chi connectivity index (χ2v) is 7.79. The quantitative estimate of drug-likeness (QED) is 0.739. The van der Waals surface area contributed by atoms with Gasteiger partial charge in [0, 0.05) is 25.8 Å². The summed E-state index contributed by atoms with van der Waals surface area (Å²) in [5.41, 5.74) is 0. The smallest absolute Gasteiger partial charge is 0.235 e. The zero-order chi connectivity index (χ0) is 17.3. The van der Waals surface area contributed by atoms with Gasteiger partial charge >= 0.3 is 0 Å². The van der Waals surface area contributed by atoms with Crippen LogP contribution in [0.3, 0.4) is 0 Å². The number of pyridine rings is 1. The molecule has 1 aromatic rings. The third kappa shape index (κ3) is 6.26. The van der Waals surface area contributed by atoms with Crippen molar-refractivity contribution in [3.63, 3.8) is 0 Å². The molecule has 6 nitrogen and oxygen atoms in total. The van der Waals surface area contributed by atoms with Gasteiger partial charge in [-0.3, -0.25) is 14.6 Å². The summed E-state index contributed by atoms with van der Waals surface area (Å²) in [4.78, 5) is 21.8. The van der Waals surface area contributed by atoms with Crippen molar-refractivity contribution >= 4 is 17.7 Å². The number of morpholine rings is 1. The zero-order valence-corrected chi connectivity index (χ0v) is 15.5. The Morgan fingerprint density at radius 3 is 2.68 bits per heavy atom. The fourth-order valence-corrected chi connectivity index (χ4v) is 4.22. The third-order valence-corrected chi connectivity index (χ3v) is 5.78. The van der Waals surface area contributed by atoms with Crippen LogP contribution in [0.5, 0.6) is 0 Å². The van der Waals surface area contributed by atoms with Crippen LogP contribution in [-0.4, -0.2) is 78.5 Å². The summed E-state index contributed by atoms with van der Waals surface area (Å²) in [5, 5.41) is 3.89. The molecule has 2 aliphatic rings. The Labute approximate surface area is 154 Å². The maximum absolute atomic E-state index is 12.8. The predicted molar refractivity (Wildman–Crippen MR) is 99.6 cm³/mol. The van der Waals surface area contributed by atoms with Gasteiger partial charge in [-0.25, -0.2) is 4.98 Å². The molecule has 2 aliphatic heterocycles. The van der Waals surface area contributed by atoms with Gasteiger partial charge in [0.05, 0.1) is 24.9 Å². The molecule has 1 N–H and O–H groups in total. The standard InChI is InChI=1S/C18H28N4O2S/c23-18(20-15-22-8-4-1-5-9-22)16(14-21-10-12-24-13-11-21)25-17-6-2-3-7-19-17/h2-3,6-7,16H,1,4-5,8-15H2,(H,20,23). The zero-order valence-electron chi connectivity index (χ0n) is 14.7. The predicted octanol–water partition coefficient (Wildman–Crippen LogP) is 1.43. The molecule has 25 heavy (non-hydrogen) atoms. The van der Waals surface area contributed by atoms with Crippen LogP contribution in [0.4, 0.5) is 0 Å². The number of carbonyl (C=O) groups is 1. The van der Waals surface area contributed by atoms with Gasteiger partial charge in [0.25, 0.3) is 0 Å². The summed E-state index contributed by atoms with van der Waals surface area (Å²) in [6.45, 7) is 6.82. The summed E-state index contributed by atoms with van der Waals surface area (Å²) in [7, 11) is 0. The van der Waals surface area contributed by atoms with Crippen LogP contribution >= 0.6 is 11.8 Å². The molecule has 1 atom stereocenters. The van der Waals surface area contributed by atoms with Gasteiger partial charge in [0.1, 0.15) is 5.25 Å². The largest absolute Gasteiger partial charge is 0.379 e. The highest BCUT2D eigenvalue weighted by atomic mass is 32.2. The minimum Gasteiger partial charge on any atom is -0.379 e. The number of amides is 1. The summed E-state index contributed by atoms with van der Waals surface area (Å²) in [6.07, 6.45) is 5.55. The van der Waals surface area contributed by atoms with Crippen LogP contribution in [0.25, 0.3) is 0 Å². The first kappa shape index (κ1) is 18.6. The lowest BCUT2D eigenvalue weighted by molar-refractivity contribution is -0.121. The van der Waals surface area contributed by atoms with Gasteiger partial charge in [0.2, 0.25) is 5.91 Å². The average molecular weight is 365 g/mol. The normalized spacial score (nSPS) is 21.0. The number of carbonyl (C=O) groups excluding carboxylic acids is 1. The van der Waals surface area contributed by atoms with Crippen LogP contribution in [0.2, 0.25) is 0 Å². The van der Waals surface area contributed by atoms with Crippen LogP contribution in [0, 0.1) is 0 Å². The van der Waals surface area contributed by atoms with Crippen molar-refractivity contribution in [1.29, 1.82) is 0 Å². The van der Waals surface area contributed by atoms with E-state index in [2.05, 4.69) is 20.1 Å². The Balaban J connectivity index is 1.56. The minimum atomic E-state index is -0.155. The van der Waals surface area contributed by atoms with E-state index in [-0.39, 0.29) is 11.2 Å². The van der Waals surface area contributed by atoms with Crippen molar-refractivity contribution in [2.75, 3.05) is 52.6 Å². The summed E-state index contributed by atoms with van der Waals surface area (Å²) in [5.74, 6) is 0.104. The molecular formula is C18H28N4O2S. The molecule has 3 heterocycles. The van der Waals surface area contributed by atoms with Gasteiger partial charge in [0.15, 0.2) is 0 Å². The van der Waals surface area contributed by atoms with E-state index < -0.39 is 0 Å². The first-order valence-corrected chi connectivity index (χ1v) is 10.1. The molecule has 2 saturated heterocycles. The lowest BCUT2D eigenvalue weighted by Crippen LogP contribution is -2.48. The number of rotatable bonds is 7. The molecule has 2 fully saturated rings. The van der Waals surface area contributed by atoms with Crippen LogP contribution in [-0.2, 0) is 9.53 Å². The van der Waals surface area contributed by atoms with Crippen LogP contribution in [0.1, 0.15) is 19.3 Å². The number of hydrogen-bond donors (Lipinski definition) is 1. The van der Waals surface area contributed by atoms with Crippen molar-refractivity contribution in [1.82, 2.24) is 20.1 Å². The molecule has 138 valence electrons. The molecule has 1 aromatic heterocycles. The number of thioether (sulfide) groups is 1. The van der Waals surface area contributed by atoms with Gasteiger partial charge < -0.3 is 10.1 Å². The fourth-order valence-electron chi connectivity index (χ4n) is 3.18. The molecule has 0 aromatic carbocycles. The van der Waals surface area contributed by atoms with E-state index in [9.17, 15) is 4.79 Å². The number of ether oxygens (including phenoxy) is 1. The van der Waals surface area contributed by atoms with Gasteiger partial charge in [-0.2, -0.15) is 0 Å². The maximum Gasteiger partial charge on any atom is 0.235 e. The van der Waals surface area contributed by atoms with Gasteiger partial charge in [-0.1, -0.05) is 24.2 Å². The highest BCUT2D eigenvalue weighted by Gasteiger charge is 2.25. The molecular weight excluding hydrogens is 336 g/mol. The molecule has 0 saturated carbocycles. The molecule has 1 amide bonds. The summed E-state index contributed by atoms with van der Waals surface area (Å²) >= 11 is 1.55. The lowest BCUT2D eigenvalue weighted by Gasteiger charge is -2.31. The van der Waals surface area contributed by atoms with Gasteiger partial charge in [-0.15, -0.1) is 0 Å². The number of nitrogens with one attached hydrogen (secondary N) is 1. The van der Waals surface area contributed by atoms with E-state index in [1.54, 1.807) is 18.0 Å². The molecule has 7 heteroatoms. The maximum atomic E-state index is 12.8. The Morgan fingerprint density at radius 2 is 1.96 bits per heavy atom. The first-order valence-electron chi connectivity index (χ1n) is 9.19. The van der Waals surface area contributed by atoms with Crippen molar-refractivity contribution in [2.45, 2.75) is 29.5 Å². The highest BCUT2D eigenvalue weighted by Crippen LogP contribution is 2.22. The van der Waals surface area contributed by atoms with Gasteiger partial charge in [-0.05, 0) is 38.1 Å². The molecule has 1 unspecified atom stereocenters. The van der Waals surface area contributed by atoms with E-state index >= 15 is 0 Å². The first-order chi connectivity index (χ1) is 12.3. The Morgan fingerprint density at radius 1 is 1.16 bits per heavy atom. The van der Waals surface area contributed by atoms with E-state index in [1.807, 2.05) is 18.2 Å². The molecule has 3 rings (SSSR count). The average Bonchev–Trinajstić information content (AvgIpc) is 2.68. The second kappa shape index (κ2) is 10.1. The van der Waals surface area contributed by atoms with E-state index in [0.717, 1.165) is 51.0 Å². The number of nitrogens with zero attached hydrogens (tertiary/aromatic N) is 3. The van der Waals surface area contributed by atoms with E-state index in [1.165, 1.54) is 19.3 Å². The highest BCUT2D eigenvalue weighted by molar-refractivity contribution is 8.00. The molecule has 0 spiro atoms. The Hall–Kier alpha value is -1.15. The van der Waals surface area contributed by atoms with E-state index in [0.29, 0.717) is 6.67 Å². The van der Waals surface area contributed by atoms with Crippen molar-refractivity contribution in [2.24, 2.45) is 0 Å².